The fraction of sp³-hybridized carbons (Fsp3) is 0.250. The molecular weight excluding hydrogens is 276 g/mol. The Morgan fingerprint density at radius 2 is 1.65 bits per heavy atom. The largest absolute Gasteiger partial charge is 0.316 e. The van der Waals surface area contributed by atoms with Crippen LogP contribution in [0, 0.1) is 11.6 Å². The second-order valence-electron chi connectivity index (χ2n) is 4.51. The number of hydrogen-bond acceptors (Lipinski definition) is 2. The Balaban J connectivity index is 1.99. The van der Waals surface area contributed by atoms with Gasteiger partial charge in [-0.05, 0) is 37.7 Å². The fourth-order valence-electron chi connectivity index (χ4n) is 1.93. The molecule has 1 unspecified atom stereocenters. The number of halogens is 2. The van der Waals surface area contributed by atoms with E-state index in [9.17, 15) is 8.78 Å². The number of thioether (sulfide) groups is 1. The summed E-state index contributed by atoms with van der Waals surface area (Å²) < 4.78 is 27.3. The number of likely N-dealkylation sites (N-methyl/N-ethyl adjacent to an activating group) is 1. The molecule has 0 amide bonds. The average molecular weight is 293 g/mol. The van der Waals surface area contributed by atoms with Gasteiger partial charge in [0.2, 0.25) is 0 Å². The van der Waals surface area contributed by atoms with E-state index in [1.165, 1.54) is 18.2 Å². The maximum atomic E-state index is 13.6. The van der Waals surface area contributed by atoms with Gasteiger partial charge in [-0.25, -0.2) is 8.78 Å². The van der Waals surface area contributed by atoms with E-state index in [4.69, 9.17) is 0 Å². The average Bonchev–Trinajstić information content (AvgIpc) is 2.47. The highest BCUT2D eigenvalue weighted by atomic mass is 32.2. The summed E-state index contributed by atoms with van der Waals surface area (Å²) in [5, 5.41) is 3.12. The predicted molar refractivity (Wildman–Crippen MR) is 80.1 cm³/mol. The van der Waals surface area contributed by atoms with Gasteiger partial charge >= 0.3 is 0 Å². The Labute approximate surface area is 122 Å². The maximum absolute atomic E-state index is 13.6. The molecule has 0 bridgehead atoms. The Morgan fingerprint density at radius 3 is 2.25 bits per heavy atom. The lowest BCUT2D eigenvalue weighted by atomic mass is 10.1. The normalized spacial score (nSPS) is 12.3. The molecule has 0 spiro atoms. The molecule has 0 saturated carbocycles. The maximum Gasteiger partial charge on any atom is 0.129 e. The molecule has 1 atom stereocenters. The van der Waals surface area contributed by atoms with Gasteiger partial charge in [0, 0.05) is 22.3 Å². The van der Waals surface area contributed by atoms with Crippen molar-refractivity contribution in [1.82, 2.24) is 5.32 Å². The van der Waals surface area contributed by atoms with Crippen LogP contribution in [0.5, 0.6) is 0 Å². The minimum atomic E-state index is -0.477. The van der Waals surface area contributed by atoms with Crippen LogP contribution in [-0.2, 0) is 6.42 Å². The van der Waals surface area contributed by atoms with E-state index >= 15 is 0 Å². The molecule has 0 aromatic heterocycles. The highest BCUT2D eigenvalue weighted by molar-refractivity contribution is 7.99. The van der Waals surface area contributed by atoms with Gasteiger partial charge in [-0.3, -0.25) is 0 Å². The quantitative estimate of drug-likeness (QED) is 0.811. The van der Waals surface area contributed by atoms with Crippen LogP contribution in [0.1, 0.15) is 5.56 Å². The van der Waals surface area contributed by atoms with Crippen LogP contribution >= 0.6 is 11.8 Å². The van der Waals surface area contributed by atoms with Crippen molar-refractivity contribution in [2.75, 3.05) is 12.8 Å². The number of benzene rings is 2. The van der Waals surface area contributed by atoms with Crippen LogP contribution < -0.4 is 5.32 Å². The van der Waals surface area contributed by atoms with Crippen molar-refractivity contribution in [3.05, 3.63) is 65.7 Å². The molecule has 2 aromatic rings. The van der Waals surface area contributed by atoms with Crippen LogP contribution in [0.4, 0.5) is 8.78 Å². The lowest BCUT2D eigenvalue weighted by Crippen LogP contribution is -2.30. The summed E-state index contributed by atoms with van der Waals surface area (Å²) >= 11 is 1.68. The van der Waals surface area contributed by atoms with Crippen molar-refractivity contribution in [1.29, 1.82) is 0 Å². The van der Waals surface area contributed by atoms with Gasteiger partial charge < -0.3 is 5.32 Å². The zero-order valence-electron chi connectivity index (χ0n) is 11.3. The number of rotatable bonds is 6. The van der Waals surface area contributed by atoms with E-state index < -0.39 is 11.6 Å². The topological polar surface area (TPSA) is 12.0 Å². The molecule has 20 heavy (non-hydrogen) atoms. The second kappa shape index (κ2) is 7.41. The van der Waals surface area contributed by atoms with E-state index in [1.807, 2.05) is 37.4 Å². The van der Waals surface area contributed by atoms with Gasteiger partial charge in [-0.2, -0.15) is 0 Å². The van der Waals surface area contributed by atoms with Crippen molar-refractivity contribution < 1.29 is 8.78 Å². The Morgan fingerprint density at radius 1 is 1.00 bits per heavy atom. The lowest BCUT2D eigenvalue weighted by molar-refractivity contribution is 0.524. The van der Waals surface area contributed by atoms with Crippen molar-refractivity contribution in [3.8, 4) is 0 Å². The van der Waals surface area contributed by atoms with Crippen LogP contribution in [0.15, 0.2) is 53.4 Å². The Hall–Kier alpha value is -1.39. The van der Waals surface area contributed by atoms with Gasteiger partial charge in [0.15, 0.2) is 0 Å². The lowest BCUT2D eigenvalue weighted by Gasteiger charge is -2.16. The van der Waals surface area contributed by atoms with Gasteiger partial charge in [0.1, 0.15) is 11.6 Å². The van der Waals surface area contributed by atoms with Crippen LogP contribution in [-0.4, -0.2) is 18.8 Å². The molecule has 2 aromatic carbocycles. The molecule has 4 heteroatoms. The van der Waals surface area contributed by atoms with E-state index in [-0.39, 0.29) is 11.6 Å². The highest BCUT2D eigenvalue weighted by Crippen LogP contribution is 2.21. The molecule has 0 aliphatic rings. The van der Waals surface area contributed by atoms with E-state index in [0.717, 1.165) is 10.6 Å². The molecule has 1 nitrogen and oxygen atoms in total. The minimum absolute atomic E-state index is 0.0200. The zero-order valence-corrected chi connectivity index (χ0v) is 12.1. The molecule has 0 fully saturated rings. The first-order valence-corrected chi connectivity index (χ1v) is 7.47. The second-order valence-corrected chi connectivity index (χ2v) is 5.61. The third-order valence-electron chi connectivity index (χ3n) is 3.11. The summed E-state index contributed by atoms with van der Waals surface area (Å²) in [4.78, 5) is 1.15. The molecule has 0 aliphatic carbocycles. The van der Waals surface area contributed by atoms with Gasteiger partial charge in [0.05, 0.1) is 0 Å². The Kier molecular flexibility index (Phi) is 5.56. The van der Waals surface area contributed by atoms with Crippen molar-refractivity contribution in [2.45, 2.75) is 17.4 Å². The first-order valence-electron chi connectivity index (χ1n) is 6.48. The first-order chi connectivity index (χ1) is 9.70. The summed E-state index contributed by atoms with van der Waals surface area (Å²) in [6.07, 6.45) is 0.342. The summed E-state index contributed by atoms with van der Waals surface area (Å²) in [5.74, 6) is -0.196. The van der Waals surface area contributed by atoms with E-state index in [2.05, 4.69) is 5.32 Å². The molecular formula is C16H17F2NS. The zero-order chi connectivity index (χ0) is 14.4. The molecule has 0 saturated heterocycles. The molecule has 1 N–H and O–H groups in total. The van der Waals surface area contributed by atoms with Gasteiger partial charge in [-0.15, -0.1) is 11.8 Å². The third kappa shape index (κ3) is 4.05. The monoisotopic (exact) mass is 293 g/mol. The van der Waals surface area contributed by atoms with Crippen LogP contribution in [0.3, 0.4) is 0 Å². The van der Waals surface area contributed by atoms with E-state index in [0.29, 0.717) is 6.42 Å². The standard InChI is InChI=1S/C16H17F2NS/c1-19-12(11-20-13-6-3-2-4-7-13)10-14-15(17)8-5-9-16(14)18/h2-9,12,19H,10-11H2,1H3. The smallest absolute Gasteiger partial charge is 0.129 e. The fourth-order valence-corrected chi connectivity index (χ4v) is 2.96. The van der Waals surface area contributed by atoms with Crippen LogP contribution in [0.2, 0.25) is 0 Å². The van der Waals surface area contributed by atoms with Crippen LogP contribution in [0.25, 0.3) is 0 Å². The van der Waals surface area contributed by atoms with Crippen molar-refractivity contribution in [2.24, 2.45) is 0 Å². The van der Waals surface area contributed by atoms with Crippen molar-refractivity contribution in [3.63, 3.8) is 0 Å². The first kappa shape index (κ1) is 15.0. The summed E-state index contributed by atoms with van der Waals surface area (Å²) in [5.41, 5.74) is 0.153. The predicted octanol–water partition coefficient (Wildman–Crippen LogP) is 3.89. The molecule has 0 radical (unpaired) electrons. The summed E-state index contributed by atoms with van der Waals surface area (Å²) in [6, 6.07) is 14.0. The van der Waals surface area contributed by atoms with E-state index in [1.54, 1.807) is 11.8 Å². The number of nitrogens with one attached hydrogen (secondary N) is 1. The molecule has 0 aliphatic heterocycles. The SMILES string of the molecule is CNC(CSc1ccccc1)Cc1c(F)cccc1F. The molecule has 0 heterocycles. The Bertz CT molecular complexity index is 525. The minimum Gasteiger partial charge on any atom is -0.316 e. The summed E-state index contributed by atoms with van der Waals surface area (Å²) in [7, 11) is 1.81. The van der Waals surface area contributed by atoms with Gasteiger partial charge in [-0.1, -0.05) is 24.3 Å². The van der Waals surface area contributed by atoms with Gasteiger partial charge in [0.25, 0.3) is 0 Å². The summed E-state index contributed by atoms with van der Waals surface area (Å²) in [6.45, 7) is 0. The third-order valence-corrected chi connectivity index (χ3v) is 4.29. The van der Waals surface area contributed by atoms with Crippen molar-refractivity contribution >= 4 is 11.8 Å². The highest BCUT2D eigenvalue weighted by Gasteiger charge is 2.14. The number of hydrogen-bond donors (Lipinski definition) is 1. The molecule has 106 valence electrons. The molecule has 2 rings (SSSR count).